The summed E-state index contributed by atoms with van der Waals surface area (Å²) in [5.74, 6) is 0.394. The Morgan fingerprint density at radius 1 is 1.00 bits per heavy atom. The monoisotopic (exact) mass is 512 g/mol. The third-order valence-corrected chi connectivity index (χ3v) is 7.10. The fraction of sp³-hybridized carbons (Fsp3) is 0.207. The van der Waals surface area contributed by atoms with Gasteiger partial charge in [0, 0.05) is 29.4 Å². The normalized spacial score (nSPS) is 12.6. The Labute approximate surface area is 219 Å². The number of hydrogen-bond acceptors (Lipinski definition) is 6. The summed E-state index contributed by atoms with van der Waals surface area (Å²) < 4.78 is 5.39. The highest BCUT2D eigenvalue weighted by atomic mass is 32.1. The van der Waals surface area contributed by atoms with Gasteiger partial charge in [-0.15, -0.1) is 0 Å². The number of nitrogens with one attached hydrogen (secondary N) is 3. The molecule has 3 N–H and O–H groups in total. The largest absolute Gasteiger partial charge is 0.497 e. The Balaban J connectivity index is 1.44. The topological polar surface area (TPSA) is 92.3 Å². The van der Waals surface area contributed by atoms with Crippen LogP contribution in [0.25, 0.3) is 11.3 Å². The Bertz CT molecular complexity index is 1430. The second kappa shape index (κ2) is 10.8. The van der Waals surface area contributed by atoms with E-state index in [0.717, 1.165) is 35.2 Å². The van der Waals surface area contributed by atoms with Crippen LogP contribution in [0.2, 0.25) is 0 Å². The number of carbonyl (C=O) groups is 2. The maximum Gasteiger partial charge on any atom is 0.264 e. The summed E-state index contributed by atoms with van der Waals surface area (Å²) in [4.78, 5) is 31.2. The molecule has 5 rings (SSSR count). The molecule has 37 heavy (non-hydrogen) atoms. The van der Waals surface area contributed by atoms with E-state index in [2.05, 4.69) is 16.0 Å². The highest BCUT2D eigenvalue weighted by Gasteiger charge is 2.24. The van der Waals surface area contributed by atoms with Crippen molar-refractivity contribution < 1.29 is 14.3 Å². The maximum absolute atomic E-state index is 13.3. The van der Waals surface area contributed by atoms with Gasteiger partial charge in [-0.3, -0.25) is 9.59 Å². The fourth-order valence-corrected chi connectivity index (χ4v) is 4.78. The summed E-state index contributed by atoms with van der Waals surface area (Å²) in [6.45, 7) is 2.38. The van der Waals surface area contributed by atoms with Gasteiger partial charge in [-0.1, -0.05) is 59.9 Å². The number of aryl methyl sites for hydroxylation is 1. The molecule has 0 saturated heterocycles. The van der Waals surface area contributed by atoms with Crippen molar-refractivity contribution in [2.75, 3.05) is 12.4 Å². The molecule has 1 aliphatic rings. The minimum atomic E-state index is -0.207. The van der Waals surface area contributed by atoms with Crippen molar-refractivity contribution in [1.82, 2.24) is 15.6 Å². The maximum atomic E-state index is 13.3. The minimum absolute atomic E-state index is 0.0808. The van der Waals surface area contributed by atoms with Gasteiger partial charge in [-0.2, -0.15) is 0 Å². The van der Waals surface area contributed by atoms with Crippen molar-refractivity contribution in [2.24, 2.45) is 0 Å². The summed E-state index contributed by atoms with van der Waals surface area (Å²) >= 11 is 1.27. The van der Waals surface area contributed by atoms with E-state index in [1.54, 1.807) is 7.11 Å². The molecule has 7 nitrogen and oxygen atoms in total. The average Bonchev–Trinajstić information content (AvgIpc) is 3.64. The predicted octanol–water partition coefficient (Wildman–Crippen LogP) is 5.69. The number of nitrogens with zero attached hydrogens (tertiary/aromatic N) is 1. The van der Waals surface area contributed by atoms with Crippen molar-refractivity contribution >= 4 is 34.0 Å². The van der Waals surface area contributed by atoms with E-state index < -0.39 is 0 Å². The quantitative estimate of drug-likeness (QED) is 0.268. The van der Waals surface area contributed by atoms with Gasteiger partial charge in [0.1, 0.15) is 10.6 Å². The van der Waals surface area contributed by atoms with Gasteiger partial charge in [-0.25, -0.2) is 4.98 Å². The van der Waals surface area contributed by atoms with E-state index >= 15 is 0 Å². The van der Waals surface area contributed by atoms with Crippen molar-refractivity contribution in [2.45, 2.75) is 32.4 Å². The van der Waals surface area contributed by atoms with Gasteiger partial charge in [0.05, 0.1) is 12.8 Å². The molecule has 1 aromatic heterocycles. The highest BCUT2D eigenvalue weighted by Crippen LogP contribution is 2.35. The SMILES string of the molecule is COc1cccc(-c2nc(Nc3cc(C(=O)NC4CC4)ccc3C)sc2C(=O)NCc2ccccc2)c1. The number of carbonyl (C=O) groups excluding carboxylic acids is 2. The minimum Gasteiger partial charge on any atom is -0.497 e. The van der Waals surface area contributed by atoms with Gasteiger partial charge in [0.15, 0.2) is 5.13 Å². The number of aromatic nitrogens is 1. The highest BCUT2D eigenvalue weighted by molar-refractivity contribution is 7.18. The number of amides is 2. The Morgan fingerprint density at radius 3 is 2.57 bits per heavy atom. The molecule has 1 fully saturated rings. The molecule has 188 valence electrons. The zero-order chi connectivity index (χ0) is 25.8. The van der Waals surface area contributed by atoms with Crippen LogP contribution in [0.5, 0.6) is 5.75 Å². The molecular weight excluding hydrogens is 484 g/mol. The van der Waals surface area contributed by atoms with Crippen LogP contribution in [-0.4, -0.2) is 29.9 Å². The first-order valence-electron chi connectivity index (χ1n) is 12.2. The van der Waals surface area contributed by atoms with Crippen LogP contribution < -0.4 is 20.7 Å². The zero-order valence-electron chi connectivity index (χ0n) is 20.7. The van der Waals surface area contributed by atoms with Gasteiger partial charge in [0.2, 0.25) is 0 Å². The van der Waals surface area contributed by atoms with Gasteiger partial charge in [-0.05, 0) is 55.2 Å². The first-order valence-corrected chi connectivity index (χ1v) is 13.0. The summed E-state index contributed by atoms with van der Waals surface area (Å²) in [6.07, 6.45) is 2.06. The molecule has 0 aliphatic heterocycles. The lowest BCUT2D eigenvalue weighted by molar-refractivity contribution is 0.0944. The molecule has 0 atom stereocenters. The third kappa shape index (κ3) is 5.98. The van der Waals surface area contributed by atoms with Gasteiger partial charge < -0.3 is 20.7 Å². The molecule has 0 unspecified atom stereocenters. The standard InChI is InChI=1S/C29H28N4O3S/c1-18-11-12-21(27(34)31-22-13-14-22)16-24(18)32-29-33-25(20-9-6-10-23(15-20)36-2)26(37-29)28(35)30-17-19-7-4-3-5-8-19/h3-12,15-16,22H,13-14,17H2,1-2H3,(H,30,35)(H,31,34)(H,32,33). The second-order valence-electron chi connectivity index (χ2n) is 9.00. The molecule has 1 aliphatic carbocycles. The van der Waals surface area contributed by atoms with Gasteiger partial charge in [0.25, 0.3) is 11.8 Å². The van der Waals surface area contributed by atoms with Crippen LogP contribution in [0.1, 0.15) is 44.0 Å². The van der Waals surface area contributed by atoms with Crippen LogP contribution in [0.15, 0.2) is 72.8 Å². The van der Waals surface area contributed by atoms with E-state index in [9.17, 15) is 9.59 Å². The first-order chi connectivity index (χ1) is 18.0. The number of benzene rings is 3. The van der Waals surface area contributed by atoms with Crippen molar-refractivity contribution in [3.8, 4) is 17.0 Å². The Hall–Kier alpha value is -4.17. The second-order valence-corrected chi connectivity index (χ2v) is 10.00. The van der Waals surface area contributed by atoms with Crippen LogP contribution in [-0.2, 0) is 6.54 Å². The molecule has 3 aromatic carbocycles. The lowest BCUT2D eigenvalue weighted by Gasteiger charge is -2.10. The molecule has 4 aromatic rings. The van der Waals surface area contributed by atoms with Crippen LogP contribution in [0.3, 0.4) is 0 Å². The van der Waals surface area contributed by atoms with Crippen molar-refractivity contribution in [3.05, 3.63) is 94.4 Å². The summed E-state index contributed by atoms with van der Waals surface area (Å²) in [7, 11) is 1.61. The summed E-state index contributed by atoms with van der Waals surface area (Å²) in [6, 6.07) is 23.1. The summed E-state index contributed by atoms with van der Waals surface area (Å²) in [5, 5.41) is 9.94. The smallest absolute Gasteiger partial charge is 0.264 e. The molecule has 1 saturated carbocycles. The molecule has 2 amide bonds. The third-order valence-electron chi connectivity index (χ3n) is 6.13. The number of rotatable bonds is 9. The number of anilines is 2. The molecular formula is C29H28N4O3S. The molecule has 8 heteroatoms. The van der Waals surface area contributed by atoms with Crippen molar-refractivity contribution in [1.29, 1.82) is 0 Å². The molecule has 1 heterocycles. The number of ether oxygens (including phenoxy) is 1. The lowest BCUT2D eigenvalue weighted by Crippen LogP contribution is -2.25. The Morgan fingerprint density at radius 2 is 1.81 bits per heavy atom. The van der Waals surface area contributed by atoms with Crippen LogP contribution in [0, 0.1) is 6.92 Å². The number of thiazole rings is 1. The van der Waals surface area contributed by atoms with Crippen LogP contribution in [0.4, 0.5) is 10.8 Å². The Kier molecular flexibility index (Phi) is 7.18. The van der Waals surface area contributed by atoms with Crippen molar-refractivity contribution in [3.63, 3.8) is 0 Å². The first kappa shape index (κ1) is 24.5. The summed E-state index contributed by atoms with van der Waals surface area (Å²) in [5.41, 5.74) is 4.69. The molecule has 0 bridgehead atoms. The molecule has 0 spiro atoms. The zero-order valence-corrected chi connectivity index (χ0v) is 21.5. The van der Waals surface area contributed by atoms with Crippen LogP contribution >= 0.6 is 11.3 Å². The number of methoxy groups -OCH3 is 1. The molecule has 0 radical (unpaired) electrons. The van der Waals surface area contributed by atoms with E-state index in [4.69, 9.17) is 9.72 Å². The van der Waals surface area contributed by atoms with Gasteiger partial charge >= 0.3 is 0 Å². The van der Waals surface area contributed by atoms with E-state index in [0.29, 0.717) is 33.6 Å². The number of hydrogen-bond donors (Lipinski definition) is 3. The average molecular weight is 513 g/mol. The van der Waals surface area contributed by atoms with E-state index in [1.165, 1.54) is 11.3 Å². The predicted molar refractivity (Wildman–Crippen MR) is 147 cm³/mol. The lowest BCUT2D eigenvalue weighted by atomic mass is 10.1. The fourth-order valence-electron chi connectivity index (χ4n) is 3.86. The van der Waals surface area contributed by atoms with E-state index in [-0.39, 0.29) is 17.9 Å². The van der Waals surface area contributed by atoms with E-state index in [1.807, 2.05) is 79.7 Å².